The van der Waals surface area contributed by atoms with Gasteiger partial charge in [-0.15, -0.1) is 9.97 Å². The van der Waals surface area contributed by atoms with Crippen molar-refractivity contribution in [2.45, 2.75) is 83.1 Å². The monoisotopic (exact) mass is 673 g/mol. The van der Waals surface area contributed by atoms with E-state index < -0.39 is 0 Å². The average Bonchev–Trinajstić information content (AvgIpc) is 3.70. The highest BCUT2D eigenvalue weighted by Gasteiger charge is 2.26. The zero-order valence-corrected chi connectivity index (χ0v) is 27.6. The molecule has 0 radical (unpaired) electrons. The summed E-state index contributed by atoms with van der Waals surface area (Å²) in [6.45, 7) is 14.3. The van der Waals surface area contributed by atoms with Crippen molar-refractivity contribution in [2.24, 2.45) is 5.92 Å². The third kappa shape index (κ3) is 8.79. The van der Waals surface area contributed by atoms with E-state index in [1.54, 1.807) is 6.07 Å². The molecule has 6 rings (SSSR count). The van der Waals surface area contributed by atoms with Crippen LogP contribution in [0.4, 0.5) is 11.6 Å². The van der Waals surface area contributed by atoms with Crippen molar-refractivity contribution >= 4 is 56.1 Å². The van der Waals surface area contributed by atoms with Crippen molar-refractivity contribution in [2.75, 3.05) is 19.5 Å². The van der Waals surface area contributed by atoms with Crippen molar-refractivity contribution in [3.8, 4) is 0 Å². The molecule has 0 bridgehead atoms. The second kappa shape index (κ2) is 16.9. The van der Waals surface area contributed by atoms with E-state index >= 15 is 0 Å². The molecule has 3 aromatic heterocycles. The number of ether oxygens (including phenoxy) is 2. The van der Waals surface area contributed by atoms with Gasteiger partial charge in [-0.2, -0.15) is 0 Å². The van der Waals surface area contributed by atoms with Crippen LogP contribution in [-0.4, -0.2) is 46.0 Å². The van der Waals surface area contributed by atoms with Crippen LogP contribution in [0.5, 0.6) is 0 Å². The van der Waals surface area contributed by atoms with Gasteiger partial charge in [0.15, 0.2) is 0 Å². The molecule has 0 N–H and O–H groups in total. The number of allylic oxidation sites excluding steroid dienone is 2. The Kier molecular flexibility index (Phi) is 12.7. The minimum atomic E-state index is -0.304. The highest BCUT2D eigenvalue weighted by molar-refractivity contribution is 9.09. The molecule has 0 saturated heterocycles. The Morgan fingerprint density at radius 1 is 0.867 bits per heavy atom. The van der Waals surface area contributed by atoms with Crippen LogP contribution in [0.3, 0.4) is 0 Å². The molecular weight excluding hydrogens is 634 g/mol. The van der Waals surface area contributed by atoms with Gasteiger partial charge < -0.3 is 23.7 Å². The molecular formula is C35H40BrN5O4. The lowest BCUT2D eigenvalue weighted by Gasteiger charge is -2.23. The van der Waals surface area contributed by atoms with E-state index in [1.807, 2.05) is 22.9 Å². The number of carbonyl (C=O) groups excluding carboxylic acids is 2. The van der Waals surface area contributed by atoms with E-state index in [4.69, 9.17) is 17.9 Å². The van der Waals surface area contributed by atoms with Crippen LogP contribution in [-0.2, 0) is 32.0 Å². The van der Waals surface area contributed by atoms with Crippen LogP contribution in [0.1, 0.15) is 86.9 Å². The molecule has 0 atom stereocenters. The number of methoxy groups -OCH3 is 2. The summed E-state index contributed by atoms with van der Waals surface area (Å²) in [5.41, 5.74) is 5.88. The number of fused-ring (bicyclic) bond motifs is 2. The molecule has 3 aliphatic carbocycles. The first-order valence-corrected chi connectivity index (χ1v) is 16.7. The number of rotatable bonds is 5. The summed E-state index contributed by atoms with van der Waals surface area (Å²) in [4.78, 5) is 37.1. The predicted octanol–water partition coefficient (Wildman–Crippen LogP) is 8.51. The third-order valence-electron chi connectivity index (χ3n) is 8.71. The Balaban J connectivity index is 0.000000178. The maximum absolute atomic E-state index is 11.6. The molecule has 0 aromatic carbocycles. The van der Waals surface area contributed by atoms with Crippen molar-refractivity contribution in [3.63, 3.8) is 0 Å². The van der Waals surface area contributed by atoms with E-state index in [2.05, 4.69) is 52.5 Å². The lowest BCUT2D eigenvalue weighted by atomic mass is 9.82. The van der Waals surface area contributed by atoms with Gasteiger partial charge >= 0.3 is 11.9 Å². The molecule has 0 unspecified atom stereocenters. The Morgan fingerprint density at radius 3 is 2.04 bits per heavy atom. The SMILES string of the molecule is COC(=O)CBr.[C-]#[N+]c1ccc2c(C3CCCCC3)cn(CC(=O)OC)c2n1.[C-]#[N+]c1ccc2c(n1)CC=C2C1CCCCC1. The summed E-state index contributed by atoms with van der Waals surface area (Å²) in [5.74, 6) is 1.60. The normalized spacial score (nSPS) is 16.1. The highest BCUT2D eigenvalue weighted by atomic mass is 79.9. The molecule has 236 valence electrons. The number of esters is 2. The smallest absolute Gasteiger partial charge is 0.325 e. The first-order valence-electron chi connectivity index (χ1n) is 15.6. The topological polar surface area (TPSA) is 92.0 Å². The van der Waals surface area contributed by atoms with Crippen LogP contribution >= 0.6 is 15.9 Å². The summed E-state index contributed by atoms with van der Waals surface area (Å²) in [6, 6.07) is 7.68. The zero-order chi connectivity index (χ0) is 32.2. The molecule has 3 heterocycles. The Hall–Kier alpha value is -4.02. The fraction of sp³-hybridized carbons (Fsp3) is 0.486. The lowest BCUT2D eigenvalue weighted by molar-refractivity contribution is -0.141. The molecule has 2 saturated carbocycles. The van der Waals surface area contributed by atoms with Gasteiger partial charge in [-0.25, -0.2) is 0 Å². The summed E-state index contributed by atoms with van der Waals surface area (Å²) < 4.78 is 10.8. The van der Waals surface area contributed by atoms with Crippen molar-refractivity contribution in [3.05, 3.63) is 76.2 Å². The van der Waals surface area contributed by atoms with Crippen molar-refractivity contribution in [1.29, 1.82) is 0 Å². The molecule has 9 nitrogen and oxygen atoms in total. The van der Waals surface area contributed by atoms with Gasteiger partial charge in [0.2, 0.25) is 5.65 Å². The maximum Gasteiger partial charge on any atom is 0.325 e. The van der Waals surface area contributed by atoms with Crippen molar-refractivity contribution in [1.82, 2.24) is 14.5 Å². The van der Waals surface area contributed by atoms with Gasteiger partial charge in [0.25, 0.3) is 11.6 Å². The van der Waals surface area contributed by atoms with E-state index in [9.17, 15) is 9.59 Å². The first-order chi connectivity index (χ1) is 21.9. The number of hydrogen-bond donors (Lipinski definition) is 0. The number of pyridine rings is 2. The fourth-order valence-electron chi connectivity index (χ4n) is 6.45. The predicted molar refractivity (Wildman–Crippen MR) is 178 cm³/mol. The quantitative estimate of drug-likeness (QED) is 0.153. The largest absolute Gasteiger partial charge is 0.468 e. The summed E-state index contributed by atoms with van der Waals surface area (Å²) >= 11 is 2.90. The van der Waals surface area contributed by atoms with Crippen molar-refractivity contribution < 1.29 is 19.1 Å². The van der Waals surface area contributed by atoms with E-state index in [1.165, 1.54) is 95.1 Å². The fourth-order valence-corrected chi connectivity index (χ4v) is 6.68. The summed E-state index contributed by atoms with van der Waals surface area (Å²) in [6.07, 6.45) is 18.2. The number of alkyl halides is 1. The molecule has 0 aliphatic heterocycles. The van der Waals surface area contributed by atoms with Crippen LogP contribution < -0.4 is 0 Å². The molecule has 45 heavy (non-hydrogen) atoms. The third-order valence-corrected chi connectivity index (χ3v) is 9.17. The van der Waals surface area contributed by atoms with Crippen LogP contribution in [0.25, 0.3) is 26.3 Å². The van der Waals surface area contributed by atoms with Gasteiger partial charge in [0.1, 0.15) is 17.6 Å². The minimum Gasteiger partial charge on any atom is -0.468 e. The van der Waals surface area contributed by atoms with Crippen LogP contribution in [0.2, 0.25) is 0 Å². The Labute approximate surface area is 273 Å². The number of aromatic nitrogens is 3. The number of nitrogens with zero attached hydrogens (tertiary/aromatic N) is 5. The van der Waals surface area contributed by atoms with Gasteiger partial charge in [-0.1, -0.05) is 85.8 Å². The Morgan fingerprint density at radius 2 is 1.47 bits per heavy atom. The summed E-state index contributed by atoms with van der Waals surface area (Å²) in [5, 5.41) is 1.34. The molecule has 10 heteroatoms. The van der Waals surface area contributed by atoms with E-state index in [0.717, 1.165) is 23.4 Å². The van der Waals surface area contributed by atoms with Gasteiger partial charge in [0.05, 0.1) is 14.2 Å². The summed E-state index contributed by atoms with van der Waals surface area (Å²) in [7, 11) is 2.73. The molecule has 0 spiro atoms. The highest BCUT2D eigenvalue weighted by Crippen LogP contribution is 2.40. The van der Waals surface area contributed by atoms with Crippen LogP contribution in [0, 0.1) is 19.1 Å². The molecule has 0 amide bonds. The lowest BCUT2D eigenvalue weighted by Crippen LogP contribution is -2.11. The van der Waals surface area contributed by atoms with E-state index in [-0.39, 0.29) is 23.8 Å². The van der Waals surface area contributed by atoms with Crippen LogP contribution in [0.15, 0.2) is 36.5 Å². The molecule has 2 fully saturated rings. The van der Waals surface area contributed by atoms with Gasteiger partial charge in [-0.05, 0) is 60.8 Å². The molecule has 3 aliphatic rings. The molecule has 3 aromatic rings. The number of carbonyl (C=O) groups is 2. The van der Waals surface area contributed by atoms with Gasteiger partial charge in [-0.3, -0.25) is 9.59 Å². The first kappa shape index (κ1) is 33.9. The van der Waals surface area contributed by atoms with Gasteiger partial charge in [0, 0.05) is 23.6 Å². The Bertz CT molecular complexity index is 1600. The second-order valence-corrected chi connectivity index (χ2v) is 12.0. The number of hydrogen-bond acceptors (Lipinski definition) is 6. The van der Waals surface area contributed by atoms with E-state index in [0.29, 0.717) is 23.2 Å². The second-order valence-electron chi connectivity index (χ2n) is 11.5. The maximum atomic E-state index is 11.6. The average molecular weight is 675 g/mol. The standard InChI is InChI=1S/C17H19N3O2.C15H16N2.C3H5BrO2/c1-18-15-9-8-13-14(12-6-4-3-5-7-12)10-20(17(13)19-15)11-16(21)22-2;1-16-15-10-8-13-12(7-9-14(13)17-15)11-5-3-2-4-6-11;1-6-3(5)2-4/h8-10,12H,3-7,11H2,2H3;7-8,10-11H,2-6,9H2;2H2,1H3. The number of halogens is 1. The minimum absolute atomic E-state index is 0.133. The zero-order valence-electron chi connectivity index (χ0n) is 26.1.